The molecule has 0 unspecified atom stereocenters. The zero-order valence-electron chi connectivity index (χ0n) is 43.8. The third-order valence-electron chi connectivity index (χ3n) is 18.0. The van der Waals surface area contributed by atoms with Crippen LogP contribution in [0.25, 0.3) is 109 Å². The number of fused-ring (bicyclic) bond motifs is 21. The lowest BCUT2D eigenvalue weighted by Crippen LogP contribution is -2.31. The van der Waals surface area contributed by atoms with E-state index in [1.165, 1.54) is 159 Å². The van der Waals surface area contributed by atoms with E-state index in [1.807, 2.05) is 0 Å². The first kappa shape index (κ1) is 44.9. The van der Waals surface area contributed by atoms with Gasteiger partial charge in [0.05, 0.1) is 5.41 Å². The number of allylic oxidation sites excluding steroid dienone is 10. The van der Waals surface area contributed by atoms with Gasteiger partial charge in [0.1, 0.15) is 0 Å². The Kier molecular flexibility index (Phi) is 9.98. The van der Waals surface area contributed by atoms with Gasteiger partial charge in [-0.25, -0.2) is 0 Å². The van der Waals surface area contributed by atoms with Crippen LogP contribution in [0.2, 0.25) is 0 Å². The van der Waals surface area contributed by atoms with E-state index in [2.05, 4.69) is 275 Å². The van der Waals surface area contributed by atoms with Crippen molar-refractivity contribution in [1.29, 1.82) is 0 Å². The third kappa shape index (κ3) is 6.47. The summed E-state index contributed by atoms with van der Waals surface area (Å²) >= 11 is 0. The summed E-state index contributed by atoms with van der Waals surface area (Å²) in [7, 11) is 0. The Bertz CT molecular complexity index is 4340. The molecule has 0 fully saturated rings. The number of hydrogen-bond acceptors (Lipinski definition) is 0. The number of benzene rings is 12. The van der Waals surface area contributed by atoms with E-state index in [1.54, 1.807) is 0 Å². The molecule has 0 spiro atoms. The second kappa shape index (κ2) is 17.3. The van der Waals surface area contributed by atoms with Gasteiger partial charge in [0.15, 0.2) is 0 Å². The maximum Gasteiger partial charge on any atom is 0.0500 e. The third-order valence-corrected chi connectivity index (χ3v) is 18.0. The largest absolute Gasteiger partial charge is 0.0728 e. The zero-order valence-corrected chi connectivity index (χ0v) is 43.8. The van der Waals surface area contributed by atoms with Crippen molar-refractivity contribution in [2.45, 2.75) is 32.1 Å². The Hall–Kier alpha value is -9.36. The van der Waals surface area contributed by atoms with Crippen molar-refractivity contribution in [3.05, 3.63) is 311 Å². The normalized spacial score (nSPS) is 14.7. The Balaban J connectivity index is 1.10. The summed E-state index contributed by atoms with van der Waals surface area (Å²) in [4.78, 5) is 0. The fourth-order valence-corrected chi connectivity index (χ4v) is 14.5. The van der Waals surface area contributed by atoms with E-state index in [-0.39, 0.29) is 5.92 Å². The summed E-state index contributed by atoms with van der Waals surface area (Å²) in [6.07, 6.45) is 19.8. The topological polar surface area (TPSA) is 0 Å². The van der Waals surface area contributed by atoms with Gasteiger partial charge in [0.2, 0.25) is 0 Å². The summed E-state index contributed by atoms with van der Waals surface area (Å²) in [6, 6.07) is 82.8. The van der Waals surface area contributed by atoms with E-state index < -0.39 is 5.41 Å². The van der Waals surface area contributed by atoms with Crippen molar-refractivity contribution in [2.24, 2.45) is 5.92 Å². The zero-order chi connectivity index (χ0) is 51.6. The van der Waals surface area contributed by atoms with Gasteiger partial charge in [0.25, 0.3) is 0 Å². The van der Waals surface area contributed by atoms with E-state index in [4.69, 9.17) is 0 Å². The quantitative estimate of drug-likeness (QED) is 0.156. The summed E-state index contributed by atoms with van der Waals surface area (Å²) in [5, 5.41) is 15.3. The highest BCUT2D eigenvalue weighted by Crippen LogP contribution is 2.61. The molecule has 0 amide bonds. The molecule has 0 saturated heterocycles. The van der Waals surface area contributed by atoms with Crippen LogP contribution in [0.5, 0.6) is 0 Å². The van der Waals surface area contributed by atoms with Gasteiger partial charge in [-0.05, 0) is 173 Å². The molecule has 0 saturated carbocycles. The van der Waals surface area contributed by atoms with Gasteiger partial charge < -0.3 is 0 Å². The van der Waals surface area contributed by atoms with Crippen LogP contribution in [-0.4, -0.2) is 0 Å². The minimum atomic E-state index is -0.650. The van der Waals surface area contributed by atoms with E-state index in [0.29, 0.717) is 0 Å². The Morgan fingerprint density at radius 1 is 0.333 bits per heavy atom. The first-order valence-corrected chi connectivity index (χ1v) is 28.0. The molecule has 366 valence electrons. The number of hydrogen-bond donors (Lipinski definition) is 0. The van der Waals surface area contributed by atoms with Crippen molar-refractivity contribution in [1.82, 2.24) is 0 Å². The predicted octanol–water partition coefficient (Wildman–Crippen LogP) is 20.9. The standard InChI is InChI=1S/C78H54/c1-3-48-29-30-49(4-2)44-57(43-48)78(70-41-35-55-21-9-15-27-62(55)76(70)77-63-28-16-10-22-56(63)36-42-71(77)78)47-50(45-68-64-37-31-51-17-5-11-23-58(51)72(64)73-59-24-12-6-18-52(59)32-38-65(68)73)46-69-66-39-33-53-19-7-13-25-60(53)74(66)75-61-26-14-8-20-54(61)34-40-67(69)75/h5-47,57H,3-4H2,1-2H3. The van der Waals surface area contributed by atoms with Gasteiger partial charge in [-0.2, -0.15) is 0 Å². The van der Waals surface area contributed by atoms with Gasteiger partial charge in [-0.15, -0.1) is 0 Å². The van der Waals surface area contributed by atoms with Crippen molar-refractivity contribution < 1.29 is 0 Å². The van der Waals surface area contributed by atoms with Crippen LogP contribution in [0.4, 0.5) is 0 Å². The monoisotopic (exact) mass is 990 g/mol. The molecule has 16 rings (SSSR count). The molecule has 4 aliphatic rings. The fraction of sp³-hybridized carbons (Fsp3) is 0.0769. The van der Waals surface area contributed by atoms with Crippen LogP contribution in [0.15, 0.2) is 278 Å². The molecule has 0 radical (unpaired) electrons. The molecule has 0 atom stereocenters. The van der Waals surface area contributed by atoms with Crippen molar-refractivity contribution >= 4 is 75.8 Å². The highest BCUT2D eigenvalue weighted by atomic mass is 14.5. The molecule has 0 aliphatic heterocycles. The summed E-state index contributed by atoms with van der Waals surface area (Å²) < 4.78 is 0. The van der Waals surface area contributed by atoms with Crippen molar-refractivity contribution in [2.75, 3.05) is 0 Å². The SMILES string of the molecule is CCC1=CC(C2(C=C(C=C3c4ccc5ccccc5c4-c4c3ccc3ccccc43)C=C3c4ccc5ccccc5c4-c4c3ccc3ccccc43)c3ccc4ccccc4c3-c3c2ccc2ccccc32)C=C(CC)C=C1. The molecule has 12 aromatic carbocycles. The van der Waals surface area contributed by atoms with Gasteiger partial charge >= 0.3 is 0 Å². The highest BCUT2D eigenvalue weighted by molar-refractivity contribution is 6.21. The average molecular weight is 991 g/mol. The summed E-state index contributed by atoms with van der Waals surface area (Å²) in [6.45, 7) is 4.63. The minimum absolute atomic E-state index is 0.0291. The van der Waals surface area contributed by atoms with E-state index in [0.717, 1.165) is 12.8 Å². The molecule has 0 N–H and O–H groups in total. The van der Waals surface area contributed by atoms with Gasteiger partial charge in [-0.3, -0.25) is 0 Å². The summed E-state index contributed by atoms with van der Waals surface area (Å²) in [5.74, 6) is -0.0291. The number of rotatable bonds is 6. The first-order valence-electron chi connectivity index (χ1n) is 28.0. The van der Waals surface area contributed by atoms with Crippen LogP contribution < -0.4 is 0 Å². The lowest BCUT2D eigenvalue weighted by atomic mass is 9.66. The minimum Gasteiger partial charge on any atom is -0.0728 e. The lowest BCUT2D eigenvalue weighted by molar-refractivity contribution is 0.551. The molecule has 0 aromatic heterocycles. The Morgan fingerprint density at radius 2 is 0.615 bits per heavy atom. The summed E-state index contributed by atoms with van der Waals surface area (Å²) in [5.41, 5.74) is 21.5. The van der Waals surface area contributed by atoms with E-state index >= 15 is 0 Å². The second-order valence-electron chi connectivity index (χ2n) is 21.9. The maximum atomic E-state index is 2.74. The maximum absolute atomic E-state index is 2.74. The highest BCUT2D eigenvalue weighted by Gasteiger charge is 2.48. The second-order valence-corrected chi connectivity index (χ2v) is 21.9. The van der Waals surface area contributed by atoms with Crippen LogP contribution in [-0.2, 0) is 5.41 Å². The Morgan fingerprint density at radius 3 is 0.923 bits per heavy atom. The Labute approximate surface area is 455 Å². The van der Waals surface area contributed by atoms with Crippen molar-refractivity contribution in [3.8, 4) is 33.4 Å². The van der Waals surface area contributed by atoms with Crippen LogP contribution in [0, 0.1) is 5.92 Å². The van der Waals surface area contributed by atoms with E-state index in [9.17, 15) is 0 Å². The molecule has 78 heavy (non-hydrogen) atoms. The smallest absolute Gasteiger partial charge is 0.0500 e. The van der Waals surface area contributed by atoms with Gasteiger partial charge in [-0.1, -0.05) is 274 Å². The van der Waals surface area contributed by atoms with Crippen LogP contribution >= 0.6 is 0 Å². The molecule has 12 aromatic rings. The molecule has 0 nitrogen and oxygen atoms in total. The molecular weight excluding hydrogens is 937 g/mol. The first-order chi connectivity index (χ1) is 38.6. The van der Waals surface area contributed by atoms with Crippen LogP contribution in [0.1, 0.15) is 60.1 Å². The molecule has 4 aliphatic carbocycles. The lowest BCUT2D eigenvalue weighted by Gasteiger charge is -2.36. The van der Waals surface area contributed by atoms with Gasteiger partial charge in [0, 0.05) is 5.92 Å². The molecule has 0 heteroatoms. The predicted molar refractivity (Wildman–Crippen MR) is 333 cm³/mol. The molecule has 0 bridgehead atoms. The van der Waals surface area contributed by atoms with Crippen molar-refractivity contribution in [3.63, 3.8) is 0 Å². The van der Waals surface area contributed by atoms with Crippen LogP contribution in [0.3, 0.4) is 0 Å². The fourth-order valence-electron chi connectivity index (χ4n) is 14.5. The molecule has 0 heterocycles. The average Bonchev–Trinajstić information content (AvgIpc) is 4.09. The molecular formula is C78H54.